The molecule has 3 aromatic rings. The van der Waals surface area contributed by atoms with E-state index in [4.69, 9.17) is 4.98 Å². The van der Waals surface area contributed by atoms with Crippen molar-refractivity contribution in [3.8, 4) is 11.4 Å². The van der Waals surface area contributed by atoms with Gasteiger partial charge in [-0.2, -0.15) is 0 Å². The van der Waals surface area contributed by atoms with E-state index in [2.05, 4.69) is 40.0 Å². The molecule has 4 rings (SSSR count). The average molecular weight is 278 g/mol. The first-order chi connectivity index (χ1) is 10.4. The normalized spacial score (nSPS) is 14.3. The third-order valence-electron chi connectivity index (χ3n) is 4.22. The van der Waals surface area contributed by atoms with Gasteiger partial charge in [-0.15, -0.1) is 0 Å². The molecule has 4 heteroatoms. The van der Waals surface area contributed by atoms with Crippen LogP contribution in [-0.2, 0) is 19.5 Å². The lowest BCUT2D eigenvalue weighted by molar-refractivity contribution is 0.644. The molecular formula is C17H18N4. The number of pyridine rings is 1. The number of aryl methyl sites for hydroxylation is 1. The third kappa shape index (κ3) is 2.03. The van der Waals surface area contributed by atoms with Crippen molar-refractivity contribution in [1.29, 1.82) is 0 Å². The number of benzene rings is 1. The Bertz CT molecular complexity index is 804. The van der Waals surface area contributed by atoms with Gasteiger partial charge in [0.15, 0.2) is 0 Å². The van der Waals surface area contributed by atoms with Crippen LogP contribution in [0.5, 0.6) is 0 Å². The van der Waals surface area contributed by atoms with Crippen molar-refractivity contribution >= 4 is 11.0 Å². The number of hydrogen-bond acceptors (Lipinski definition) is 3. The van der Waals surface area contributed by atoms with Gasteiger partial charge in [-0.05, 0) is 43.1 Å². The summed E-state index contributed by atoms with van der Waals surface area (Å²) in [4.78, 5) is 8.96. The lowest BCUT2D eigenvalue weighted by Gasteiger charge is -2.18. The Balaban J connectivity index is 1.89. The minimum absolute atomic E-state index is 0.908. The molecule has 0 radical (unpaired) electrons. The van der Waals surface area contributed by atoms with Gasteiger partial charge in [-0.25, -0.2) is 4.98 Å². The molecule has 1 aromatic carbocycles. The van der Waals surface area contributed by atoms with Crippen molar-refractivity contribution in [2.24, 2.45) is 0 Å². The summed E-state index contributed by atoms with van der Waals surface area (Å²) in [5.74, 6) is 1.04. The molecule has 1 aliphatic rings. The van der Waals surface area contributed by atoms with Crippen LogP contribution < -0.4 is 5.32 Å². The van der Waals surface area contributed by atoms with Crippen molar-refractivity contribution < 1.29 is 0 Å². The van der Waals surface area contributed by atoms with Gasteiger partial charge in [-0.1, -0.05) is 12.1 Å². The second-order valence-corrected chi connectivity index (χ2v) is 5.45. The first kappa shape index (κ1) is 12.5. The van der Waals surface area contributed by atoms with E-state index in [0.717, 1.165) is 42.9 Å². The van der Waals surface area contributed by atoms with Gasteiger partial charge in [0.1, 0.15) is 11.3 Å². The number of nitrogens with zero attached hydrogens (tertiary/aromatic N) is 3. The SMILES string of the molecule is CCn1c(-c2ccc3c(c2)CNCC3)nc2cnccc21. The predicted molar refractivity (Wildman–Crippen MR) is 84.0 cm³/mol. The Morgan fingerprint density at radius 1 is 1.24 bits per heavy atom. The molecule has 0 atom stereocenters. The van der Waals surface area contributed by atoms with Crippen molar-refractivity contribution in [2.45, 2.75) is 26.4 Å². The topological polar surface area (TPSA) is 42.7 Å². The van der Waals surface area contributed by atoms with Gasteiger partial charge in [0.25, 0.3) is 0 Å². The van der Waals surface area contributed by atoms with Gasteiger partial charge >= 0.3 is 0 Å². The molecule has 1 aliphatic heterocycles. The molecule has 0 bridgehead atoms. The highest BCUT2D eigenvalue weighted by Gasteiger charge is 2.14. The molecule has 0 saturated carbocycles. The zero-order valence-electron chi connectivity index (χ0n) is 12.1. The Morgan fingerprint density at radius 3 is 3.10 bits per heavy atom. The van der Waals surface area contributed by atoms with Crippen molar-refractivity contribution in [2.75, 3.05) is 6.54 Å². The van der Waals surface area contributed by atoms with Crippen LogP contribution in [-0.4, -0.2) is 21.1 Å². The van der Waals surface area contributed by atoms with Crippen LogP contribution in [0.25, 0.3) is 22.4 Å². The summed E-state index contributed by atoms with van der Waals surface area (Å²) < 4.78 is 2.26. The second kappa shape index (κ2) is 4.97. The first-order valence-corrected chi connectivity index (χ1v) is 7.50. The van der Waals surface area contributed by atoms with E-state index < -0.39 is 0 Å². The summed E-state index contributed by atoms with van der Waals surface area (Å²) >= 11 is 0. The average Bonchev–Trinajstić information content (AvgIpc) is 2.93. The molecule has 2 aromatic heterocycles. The second-order valence-electron chi connectivity index (χ2n) is 5.45. The minimum atomic E-state index is 0.908. The Labute approximate surface area is 123 Å². The maximum Gasteiger partial charge on any atom is 0.141 e. The summed E-state index contributed by atoms with van der Waals surface area (Å²) in [7, 11) is 0. The van der Waals surface area contributed by atoms with Gasteiger partial charge in [0, 0.05) is 24.8 Å². The number of rotatable bonds is 2. The zero-order chi connectivity index (χ0) is 14.2. The lowest BCUT2D eigenvalue weighted by atomic mass is 9.98. The van der Waals surface area contributed by atoms with Gasteiger partial charge < -0.3 is 9.88 Å². The number of hydrogen-bond donors (Lipinski definition) is 1. The van der Waals surface area contributed by atoms with Crippen LogP contribution in [0.1, 0.15) is 18.1 Å². The number of aromatic nitrogens is 3. The molecule has 3 heterocycles. The van der Waals surface area contributed by atoms with E-state index in [0.29, 0.717) is 0 Å². The maximum atomic E-state index is 4.78. The molecule has 0 unspecified atom stereocenters. The minimum Gasteiger partial charge on any atom is -0.324 e. The summed E-state index contributed by atoms with van der Waals surface area (Å²) in [6.45, 7) is 5.10. The number of nitrogens with one attached hydrogen (secondary N) is 1. The van der Waals surface area contributed by atoms with E-state index in [1.807, 2.05) is 18.5 Å². The van der Waals surface area contributed by atoms with Crippen LogP contribution in [0.15, 0.2) is 36.7 Å². The van der Waals surface area contributed by atoms with E-state index >= 15 is 0 Å². The Kier molecular flexibility index (Phi) is 2.97. The molecule has 0 fully saturated rings. The van der Waals surface area contributed by atoms with Gasteiger partial charge in [0.2, 0.25) is 0 Å². The molecule has 0 amide bonds. The summed E-state index contributed by atoms with van der Waals surface area (Å²) in [5.41, 5.74) is 6.16. The van der Waals surface area contributed by atoms with Gasteiger partial charge in [-0.3, -0.25) is 4.98 Å². The quantitative estimate of drug-likeness (QED) is 0.784. The zero-order valence-corrected chi connectivity index (χ0v) is 12.1. The van der Waals surface area contributed by atoms with Crippen molar-refractivity contribution in [1.82, 2.24) is 19.9 Å². The Hall–Kier alpha value is -2.20. The Morgan fingerprint density at radius 2 is 2.19 bits per heavy atom. The molecule has 0 spiro atoms. The highest BCUT2D eigenvalue weighted by Crippen LogP contribution is 2.27. The smallest absolute Gasteiger partial charge is 0.141 e. The highest BCUT2D eigenvalue weighted by molar-refractivity contribution is 5.79. The van der Waals surface area contributed by atoms with Crippen LogP contribution in [0.2, 0.25) is 0 Å². The van der Waals surface area contributed by atoms with E-state index in [-0.39, 0.29) is 0 Å². The molecule has 0 aliphatic carbocycles. The largest absolute Gasteiger partial charge is 0.324 e. The van der Waals surface area contributed by atoms with Crippen molar-refractivity contribution in [3.05, 3.63) is 47.8 Å². The van der Waals surface area contributed by atoms with Crippen LogP contribution in [0.3, 0.4) is 0 Å². The lowest BCUT2D eigenvalue weighted by Crippen LogP contribution is -2.23. The molecule has 4 nitrogen and oxygen atoms in total. The fourth-order valence-electron chi connectivity index (χ4n) is 3.14. The predicted octanol–water partition coefficient (Wildman–Crippen LogP) is 2.76. The fourth-order valence-corrected chi connectivity index (χ4v) is 3.14. The fraction of sp³-hybridized carbons (Fsp3) is 0.294. The standard InChI is InChI=1S/C17H18N4/c1-2-21-16-6-8-19-11-15(16)20-17(21)13-4-3-12-5-7-18-10-14(12)9-13/h3-4,6,8-9,11,18H,2,5,7,10H2,1H3. The van der Waals surface area contributed by atoms with Crippen LogP contribution >= 0.6 is 0 Å². The molecule has 0 saturated heterocycles. The first-order valence-electron chi connectivity index (χ1n) is 7.50. The molecule has 106 valence electrons. The van der Waals surface area contributed by atoms with E-state index in [1.165, 1.54) is 16.7 Å². The summed E-state index contributed by atoms with van der Waals surface area (Å²) in [6, 6.07) is 8.77. The molecular weight excluding hydrogens is 260 g/mol. The van der Waals surface area contributed by atoms with Crippen molar-refractivity contribution in [3.63, 3.8) is 0 Å². The number of imidazole rings is 1. The summed E-state index contributed by atoms with van der Waals surface area (Å²) in [6.07, 6.45) is 4.78. The molecule has 1 N–H and O–H groups in total. The van der Waals surface area contributed by atoms with Crippen LogP contribution in [0, 0.1) is 0 Å². The van der Waals surface area contributed by atoms with E-state index in [9.17, 15) is 0 Å². The highest BCUT2D eigenvalue weighted by atomic mass is 15.1. The van der Waals surface area contributed by atoms with E-state index in [1.54, 1.807) is 0 Å². The van der Waals surface area contributed by atoms with Crippen LogP contribution in [0.4, 0.5) is 0 Å². The number of fused-ring (bicyclic) bond motifs is 2. The third-order valence-corrected chi connectivity index (χ3v) is 4.22. The maximum absolute atomic E-state index is 4.78. The molecule has 21 heavy (non-hydrogen) atoms. The monoisotopic (exact) mass is 278 g/mol. The van der Waals surface area contributed by atoms with Gasteiger partial charge in [0.05, 0.1) is 11.7 Å². The summed E-state index contributed by atoms with van der Waals surface area (Å²) in [5, 5.41) is 3.44.